The predicted octanol–water partition coefficient (Wildman–Crippen LogP) is 7.21. The zero-order chi connectivity index (χ0) is 17.6. The van der Waals surface area contributed by atoms with Crippen LogP contribution in [0.1, 0.15) is 27.6 Å². The number of halogens is 2. The van der Waals surface area contributed by atoms with Crippen LogP contribution in [0, 0.1) is 0 Å². The molecule has 0 bridgehead atoms. The van der Waals surface area contributed by atoms with E-state index in [9.17, 15) is 4.79 Å². The molecule has 0 unspecified atom stereocenters. The van der Waals surface area contributed by atoms with E-state index in [0.717, 1.165) is 20.5 Å². The normalized spacial score (nSPS) is 11.9. The van der Waals surface area contributed by atoms with Gasteiger partial charge in [0.15, 0.2) is 5.78 Å². The third-order valence-corrected chi connectivity index (χ3v) is 5.85. The maximum atomic E-state index is 12.7. The molecular formula is C21H16BrClOS. The second-order valence-electron chi connectivity index (χ2n) is 5.61. The zero-order valence-electron chi connectivity index (χ0n) is 13.4. The number of benzene rings is 3. The Morgan fingerprint density at radius 1 is 0.920 bits per heavy atom. The first-order valence-corrected chi connectivity index (χ1v) is 9.93. The summed E-state index contributed by atoms with van der Waals surface area (Å²) in [4.78, 5) is 13.8. The molecule has 0 aromatic heterocycles. The van der Waals surface area contributed by atoms with E-state index >= 15 is 0 Å². The minimum atomic E-state index is 0.0542. The van der Waals surface area contributed by atoms with Gasteiger partial charge in [-0.05, 0) is 42.0 Å². The molecule has 3 aromatic carbocycles. The average Bonchev–Trinajstić information content (AvgIpc) is 2.64. The molecule has 1 atom stereocenters. The number of carbonyl (C=O) groups excluding carboxylic acids is 1. The summed E-state index contributed by atoms with van der Waals surface area (Å²) in [5, 5.41) is 0.769. The van der Waals surface area contributed by atoms with E-state index in [-0.39, 0.29) is 11.0 Å². The zero-order valence-corrected chi connectivity index (χ0v) is 16.5. The van der Waals surface area contributed by atoms with Gasteiger partial charge in [-0.1, -0.05) is 70.0 Å². The van der Waals surface area contributed by atoms with Gasteiger partial charge in [0.2, 0.25) is 0 Å². The van der Waals surface area contributed by atoms with Gasteiger partial charge in [-0.15, -0.1) is 11.8 Å². The molecule has 0 amide bonds. The number of carbonyl (C=O) groups is 1. The van der Waals surface area contributed by atoms with Crippen LogP contribution in [-0.4, -0.2) is 5.78 Å². The van der Waals surface area contributed by atoms with Crippen LogP contribution in [0.5, 0.6) is 0 Å². The summed E-state index contributed by atoms with van der Waals surface area (Å²) in [7, 11) is 0. The van der Waals surface area contributed by atoms with Crippen molar-refractivity contribution in [3.63, 3.8) is 0 Å². The molecule has 25 heavy (non-hydrogen) atoms. The molecule has 0 radical (unpaired) electrons. The lowest BCUT2D eigenvalue weighted by molar-refractivity contribution is 0.0982. The molecule has 0 fully saturated rings. The summed E-state index contributed by atoms with van der Waals surface area (Å²) in [6, 6.07) is 25.4. The summed E-state index contributed by atoms with van der Waals surface area (Å²) in [5.41, 5.74) is 1.88. The smallest absolute Gasteiger partial charge is 0.164 e. The summed E-state index contributed by atoms with van der Waals surface area (Å²) >= 11 is 11.1. The number of hydrogen-bond donors (Lipinski definition) is 0. The van der Waals surface area contributed by atoms with Crippen LogP contribution >= 0.6 is 39.3 Å². The van der Waals surface area contributed by atoms with Gasteiger partial charge in [-0.25, -0.2) is 0 Å². The summed E-state index contributed by atoms with van der Waals surface area (Å²) < 4.78 is 0.971. The number of rotatable bonds is 6. The second kappa shape index (κ2) is 8.70. The molecule has 1 nitrogen and oxygen atoms in total. The highest BCUT2D eigenvalue weighted by atomic mass is 79.9. The minimum absolute atomic E-state index is 0.0542. The van der Waals surface area contributed by atoms with Gasteiger partial charge in [0.25, 0.3) is 0 Å². The van der Waals surface area contributed by atoms with Crippen molar-refractivity contribution in [1.29, 1.82) is 0 Å². The molecule has 0 saturated carbocycles. The first-order valence-electron chi connectivity index (χ1n) is 7.88. The number of Topliss-reactive ketones (excluding diaryl/α,β-unsaturated/α-hetero) is 1. The number of ketones is 1. The highest BCUT2D eigenvalue weighted by Crippen LogP contribution is 2.38. The predicted molar refractivity (Wildman–Crippen MR) is 110 cm³/mol. The Labute approximate surface area is 165 Å². The lowest BCUT2D eigenvalue weighted by Gasteiger charge is -2.17. The van der Waals surface area contributed by atoms with E-state index in [1.54, 1.807) is 11.8 Å². The van der Waals surface area contributed by atoms with Crippen molar-refractivity contribution in [3.05, 3.63) is 99.5 Å². The molecular weight excluding hydrogens is 416 g/mol. The van der Waals surface area contributed by atoms with Gasteiger partial charge in [-0.2, -0.15) is 0 Å². The van der Waals surface area contributed by atoms with E-state index < -0.39 is 0 Å². The van der Waals surface area contributed by atoms with Crippen LogP contribution in [-0.2, 0) is 0 Å². The van der Waals surface area contributed by atoms with Crippen molar-refractivity contribution in [2.24, 2.45) is 0 Å². The van der Waals surface area contributed by atoms with Crippen LogP contribution in [0.15, 0.2) is 88.2 Å². The second-order valence-corrected chi connectivity index (χ2v) is 8.23. The number of thioether (sulfide) groups is 1. The highest BCUT2D eigenvalue weighted by molar-refractivity contribution is 9.10. The molecule has 0 saturated heterocycles. The Hall–Kier alpha value is -1.55. The Bertz CT molecular complexity index is 832. The van der Waals surface area contributed by atoms with Crippen molar-refractivity contribution in [3.8, 4) is 0 Å². The van der Waals surface area contributed by atoms with Gasteiger partial charge in [0.1, 0.15) is 0 Å². The first-order chi connectivity index (χ1) is 12.1. The van der Waals surface area contributed by atoms with Crippen LogP contribution in [0.2, 0.25) is 5.02 Å². The van der Waals surface area contributed by atoms with Crippen molar-refractivity contribution in [2.45, 2.75) is 16.6 Å². The largest absolute Gasteiger partial charge is 0.294 e. The third-order valence-electron chi connectivity index (χ3n) is 3.80. The SMILES string of the molecule is O=C(C[C@@H](Sc1ccc(Cl)cc1)c1ccccc1)c1ccc(Br)cc1. The molecule has 0 heterocycles. The van der Waals surface area contributed by atoms with E-state index in [1.807, 2.05) is 66.7 Å². The summed E-state index contributed by atoms with van der Waals surface area (Å²) in [6.07, 6.45) is 0.443. The Morgan fingerprint density at radius 2 is 1.56 bits per heavy atom. The molecule has 126 valence electrons. The van der Waals surface area contributed by atoms with Gasteiger partial charge in [0, 0.05) is 31.6 Å². The Balaban J connectivity index is 1.82. The van der Waals surface area contributed by atoms with Crippen molar-refractivity contribution in [2.75, 3.05) is 0 Å². The van der Waals surface area contributed by atoms with Crippen LogP contribution in [0.4, 0.5) is 0 Å². The highest BCUT2D eigenvalue weighted by Gasteiger charge is 2.18. The van der Waals surface area contributed by atoms with E-state index in [0.29, 0.717) is 11.4 Å². The average molecular weight is 432 g/mol. The molecule has 4 heteroatoms. The molecule has 0 aliphatic rings. The fraction of sp³-hybridized carbons (Fsp3) is 0.0952. The first kappa shape index (κ1) is 18.2. The maximum absolute atomic E-state index is 12.7. The minimum Gasteiger partial charge on any atom is -0.294 e. The lowest BCUT2D eigenvalue weighted by atomic mass is 10.0. The standard InChI is InChI=1S/C21H16BrClOS/c22-17-8-6-15(7-9-17)20(24)14-21(16-4-2-1-3-5-16)25-19-12-10-18(23)11-13-19/h1-13,21H,14H2/t21-/m1/s1. The Morgan fingerprint density at radius 3 is 2.20 bits per heavy atom. The van der Waals surface area contributed by atoms with Crippen LogP contribution in [0.3, 0.4) is 0 Å². The van der Waals surface area contributed by atoms with Gasteiger partial charge in [0.05, 0.1) is 0 Å². The fourth-order valence-corrected chi connectivity index (χ4v) is 4.03. The van der Waals surface area contributed by atoms with Gasteiger partial charge >= 0.3 is 0 Å². The van der Waals surface area contributed by atoms with Crippen LogP contribution in [0.25, 0.3) is 0 Å². The van der Waals surface area contributed by atoms with Crippen molar-refractivity contribution < 1.29 is 4.79 Å². The molecule has 0 aliphatic carbocycles. The monoisotopic (exact) mass is 430 g/mol. The molecule has 0 aliphatic heterocycles. The van der Waals surface area contributed by atoms with Crippen molar-refractivity contribution in [1.82, 2.24) is 0 Å². The van der Waals surface area contributed by atoms with E-state index in [1.165, 1.54) is 0 Å². The molecule has 0 spiro atoms. The van der Waals surface area contributed by atoms with Crippen molar-refractivity contribution >= 4 is 45.1 Å². The topological polar surface area (TPSA) is 17.1 Å². The van der Waals surface area contributed by atoms with Gasteiger partial charge in [-0.3, -0.25) is 4.79 Å². The van der Waals surface area contributed by atoms with Gasteiger partial charge < -0.3 is 0 Å². The molecule has 3 rings (SSSR count). The number of hydrogen-bond acceptors (Lipinski definition) is 2. The Kier molecular flexibility index (Phi) is 6.35. The van der Waals surface area contributed by atoms with Crippen LogP contribution < -0.4 is 0 Å². The summed E-state index contributed by atoms with van der Waals surface area (Å²) in [6.45, 7) is 0. The lowest BCUT2D eigenvalue weighted by Crippen LogP contribution is -2.05. The molecule has 0 N–H and O–H groups in total. The quantitative estimate of drug-likeness (QED) is 0.303. The van der Waals surface area contributed by atoms with E-state index in [4.69, 9.17) is 11.6 Å². The van der Waals surface area contributed by atoms with E-state index in [2.05, 4.69) is 28.1 Å². The third kappa shape index (κ3) is 5.21. The maximum Gasteiger partial charge on any atom is 0.164 e. The molecule has 3 aromatic rings. The summed E-state index contributed by atoms with van der Waals surface area (Å²) in [5.74, 6) is 0.141. The fourth-order valence-electron chi connectivity index (χ4n) is 2.49.